The Morgan fingerprint density at radius 3 is 2.80 bits per heavy atom. The molecule has 20 heavy (non-hydrogen) atoms. The number of nitrogens with one attached hydrogen (secondary N) is 1. The van der Waals surface area contributed by atoms with E-state index in [4.69, 9.17) is 15.3 Å². The zero-order valence-corrected chi connectivity index (χ0v) is 11.9. The molecule has 0 bridgehead atoms. The summed E-state index contributed by atoms with van der Waals surface area (Å²) in [6.07, 6.45) is 0.224. The quantitative estimate of drug-likeness (QED) is 0.461. The van der Waals surface area contributed by atoms with Crippen molar-refractivity contribution in [2.75, 3.05) is 18.6 Å². The third kappa shape index (κ3) is 3.90. The van der Waals surface area contributed by atoms with Crippen molar-refractivity contribution < 1.29 is 9.47 Å². The largest absolute Gasteiger partial charge is 0.376 e. The molecule has 1 aromatic carbocycles. The predicted octanol–water partition coefficient (Wildman–Crippen LogP) is 2.46. The minimum Gasteiger partial charge on any atom is -0.376 e. The average Bonchev–Trinajstić information content (AvgIpc) is 2.45. The minimum absolute atomic E-state index is 0.224. The number of rotatable bonds is 7. The van der Waals surface area contributed by atoms with Crippen molar-refractivity contribution in [3.05, 3.63) is 35.9 Å². The number of aromatic nitrogens is 1. The smallest absolute Gasteiger partial charge is 0.146 e. The summed E-state index contributed by atoms with van der Waals surface area (Å²) in [5, 5.41) is 1.07. The molecule has 5 nitrogen and oxygen atoms in total. The zero-order valence-electron chi connectivity index (χ0n) is 11.9. The van der Waals surface area contributed by atoms with Crippen molar-refractivity contribution in [3.63, 3.8) is 0 Å². The van der Waals surface area contributed by atoms with Crippen molar-refractivity contribution in [1.82, 2.24) is 4.98 Å². The predicted molar refractivity (Wildman–Crippen MR) is 80.3 cm³/mol. The lowest BCUT2D eigenvalue weighted by Gasteiger charge is -2.11. The van der Waals surface area contributed by atoms with Gasteiger partial charge in [0.2, 0.25) is 0 Å². The number of benzene rings is 1. The first-order valence-corrected chi connectivity index (χ1v) is 6.75. The van der Waals surface area contributed by atoms with E-state index in [2.05, 4.69) is 10.4 Å². The first-order chi connectivity index (χ1) is 9.70. The summed E-state index contributed by atoms with van der Waals surface area (Å²) in [5.74, 6) is 6.17. The van der Waals surface area contributed by atoms with Crippen LogP contribution in [0.5, 0.6) is 0 Å². The molecule has 0 saturated heterocycles. The van der Waals surface area contributed by atoms with Gasteiger partial charge in [-0.3, -0.25) is 0 Å². The lowest BCUT2D eigenvalue weighted by molar-refractivity contribution is 0.0144. The molecule has 0 fully saturated rings. The van der Waals surface area contributed by atoms with Gasteiger partial charge in [0.1, 0.15) is 5.82 Å². The van der Waals surface area contributed by atoms with E-state index in [1.807, 2.05) is 44.2 Å². The third-order valence-corrected chi connectivity index (χ3v) is 2.88. The summed E-state index contributed by atoms with van der Waals surface area (Å²) in [7, 11) is 0. The van der Waals surface area contributed by atoms with Crippen molar-refractivity contribution in [1.29, 1.82) is 0 Å². The molecule has 3 N–H and O–H groups in total. The van der Waals surface area contributed by atoms with Crippen molar-refractivity contribution >= 4 is 16.7 Å². The standard InChI is InChI=1S/C15H21N3O2/c1-11(2)20-8-7-19-10-13-9-12-5-3-4-6-14(12)17-15(13)18-16/h3-6,9,11H,7-8,10,16H2,1-2H3,(H,17,18). The summed E-state index contributed by atoms with van der Waals surface area (Å²) < 4.78 is 11.0. The molecule has 0 amide bonds. The van der Waals surface area contributed by atoms with Crippen LogP contribution >= 0.6 is 0 Å². The summed E-state index contributed by atoms with van der Waals surface area (Å²) in [5.41, 5.74) is 4.47. The molecular formula is C15H21N3O2. The summed E-state index contributed by atoms with van der Waals surface area (Å²) >= 11 is 0. The van der Waals surface area contributed by atoms with E-state index in [1.54, 1.807) is 0 Å². The van der Waals surface area contributed by atoms with E-state index >= 15 is 0 Å². The highest BCUT2D eigenvalue weighted by atomic mass is 16.5. The van der Waals surface area contributed by atoms with E-state index in [0.717, 1.165) is 16.5 Å². The van der Waals surface area contributed by atoms with Crippen LogP contribution in [0.4, 0.5) is 5.82 Å². The number of anilines is 1. The van der Waals surface area contributed by atoms with Crippen LogP contribution in [0.25, 0.3) is 10.9 Å². The highest BCUT2D eigenvalue weighted by molar-refractivity contribution is 5.81. The van der Waals surface area contributed by atoms with Crippen LogP contribution in [0.1, 0.15) is 19.4 Å². The van der Waals surface area contributed by atoms with Gasteiger partial charge in [-0.2, -0.15) is 0 Å². The Kier molecular flexibility index (Phi) is 5.29. The Balaban J connectivity index is 2.01. The van der Waals surface area contributed by atoms with Crippen molar-refractivity contribution in [3.8, 4) is 0 Å². The van der Waals surface area contributed by atoms with Gasteiger partial charge in [0.05, 0.1) is 31.4 Å². The van der Waals surface area contributed by atoms with Gasteiger partial charge >= 0.3 is 0 Å². The Labute approximate surface area is 119 Å². The molecular weight excluding hydrogens is 254 g/mol. The number of para-hydroxylation sites is 1. The monoisotopic (exact) mass is 275 g/mol. The Morgan fingerprint density at radius 1 is 1.25 bits per heavy atom. The Hall–Kier alpha value is -1.69. The maximum absolute atomic E-state index is 5.60. The molecule has 0 atom stereocenters. The number of pyridine rings is 1. The highest BCUT2D eigenvalue weighted by Gasteiger charge is 2.06. The number of nitrogens with two attached hydrogens (primary N) is 1. The van der Waals surface area contributed by atoms with E-state index in [9.17, 15) is 0 Å². The minimum atomic E-state index is 0.224. The average molecular weight is 275 g/mol. The van der Waals surface area contributed by atoms with Gasteiger partial charge in [-0.25, -0.2) is 10.8 Å². The second-order valence-electron chi connectivity index (χ2n) is 4.81. The highest BCUT2D eigenvalue weighted by Crippen LogP contribution is 2.20. The number of nitrogens with zero attached hydrogens (tertiary/aromatic N) is 1. The molecule has 0 aliphatic rings. The molecule has 108 valence electrons. The van der Waals surface area contributed by atoms with Gasteiger partial charge in [-0.1, -0.05) is 18.2 Å². The van der Waals surface area contributed by atoms with Gasteiger partial charge < -0.3 is 14.9 Å². The van der Waals surface area contributed by atoms with E-state index in [-0.39, 0.29) is 6.10 Å². The molecule has 0 unspecified atom stereocenters. The maximum atomic E-state index is 5.60. The van der Waals surface area contributed by atoms with Crippen LogP contribution in [0.15, 0.2) is 30.3 Å². The number of nitrogen functional groups attached to an aromatic ring is 1. The van der Waals surface area contributed by atoms with Crippen molar-refractivity contribution in [2.24, 2.45) is 5.84 Å². The molecule has 0 saturated carbocycles. The number of hydrazine groups is 1. The van der Waals surface area contributed by atoms with Crippen LogP contribution < -0.4 is 11.3 Å². The lowest BCUT2D eigenvalue weighted by atomic mass is 10.1. The molecule has 1 aromatic heterocycles. The van der Waals surface area contributed by atoms with Gasteiger partial charge in [-0.15, -0.1) is 0 Å². The van der Waals surface area contributed by atoms with Gasteiger partial charge in [0.25, 0.3) is 0 Å². The second kappa shape index (κ2) is 7.19. The van der Waals surface area contributed by atoms with E-state index < -0.39 is 0 Å². The van der Waals surface area contributed by atoms with Crippen LogP contribution in [-0.4, -0.2) is 24.3 Å². The topological polar surface area (TPSA) is 69.4 Å². The fraction of sp³-hybridized carbons (Fsp3) is 0.400. The number of hydrogen-bond acceptors (Lipinski definition) is 5. The van der Waals surface area contributed by atoms with Crippen LogP contribution in [0, 0.1) is 0 Å². The third-order valence-electron chi connectivity index (χ3n) is 2.88. The van der Waals surface area contributed by atoms with E-state index in [1.165, 1.54) is 0 Å². The normalized spacial score (nSPS) is 11.2. The summed E-state index contributed by atoms with van der Waals surface area (Å²) in [6, 6.07) is 9.96. The fourth-order valence-electron chi connectivity index (χ4n) is 1.92. The van der Waals surface area contributed by atoms with Gasteiger partial charge in [-0.05, 0) is 26.0 Å². The molecule has 0 radical (unpaired) electrons. The number of fused-ring (bicyclic) bond motifs is 1. The SMILES string of the molecule is CC(C)OCCOCc1cc2ccccc2nc1NN. The number of hydrogen-bond donors (Lipinski definition) is 2. The van der Waals surface area contributed by atoms with Gasteiger partial charge in [0.15, 0.2) is 0 Å². The van der Waals surface area contributed by atoms with E-state index in [0.29, 0.717) is 25.6 Å². The Bertz CT molecular complexity index is 558. The molecule has 0 aliphatic carbocycles. The number of ether oxygens (including phenoxy) is 2. The molecule has 5 heteroatoms. The van der Waals surface area contributed by atoms with Crippen LogP contribution in [-0.2, 0) is 16.1 Å². The van der Waals surface area contributed by atoms with Gasteiger partial charge in [0, 0.05) is 10.9 Å². The molecule has 0 spiro atoms. The molecule has 2 aromatic rings. The molecule has 1 heterocycles. The maximum Gasteiger partial charge on any atom is 0.146 e. The Morgan fingerprint density at radius 2 is 2.05 bits per heavy atom. The molecule has 0 aliphatic heterocycles. The summed E-state index contributed by atoms with van der Waals surface area (Å²) in [6.45, 7) is 5.60. The fourth-order valence-corrected chi connectivity index (χ4v) is 1.92. The second-order valence-corrected chi connectivity index (χ2v) is 4.81. The first-order valence-electron chi connectivity index (χ1n) is 6.75. The van der Waals surface area contributed by atoms with Crippen molar-refractivity contribution in [2.45, 2.75) is 26.6 Å². The summed E-state index contributed by atoms with van der Waals surface area (Å²) in [4.78, 5) is 4.47. The first kappa shape index (κ1) is 14.7. The molecule has 2 rings (SSSR count). The van der Waals surface area contributed by atoms with Crippen LogP contribution in [0.2, 0.25) is 0 Å². The lowest BCUT2D eigenvalue weighted by Crippen LogP contribution is -2.13. The zero-order chi connectivity index (χ0) is 14.4. The van der Waals surface area contributed by atoms with Crippen LogP contribution in [0.3, 0.4) is 0 Å².